The molecule has 0 spiro atoms. The van der Waals surface area contributed by atoms with E-state index in [0.29, 0.717) is 36.9 Å². The summed E-state index contributed by atoms with van der Waals surface area (Å²) in [7, 11) is 0. The summed E-state index contributed by atoms with van der Waals surface area (Å²) in [4.78, 5) is 40.5. The van der Waals surface area contributed by atoms with E-state index < -0.39 is 23.6 Å². The Morgan fingerprint density at radius 3 is 2.18 bits per heavy atom. The quantitative estimate of drug-likeness (QED) is 0.524. The average Bonchev–Trinajstić information content (AvgIpc) is 3.11. The molecule has 1 N–H and O–H groups in total. The molecule has 0 bridgehead atoms. The Hall–Kier alpha value is -3.59. The van der Waals surface area contributed by atoms with Crippen LogP contribution >= 0.6 is 11.6 Å². The van der Waals surface area contributed by atoms with E-state index in [1.165, 1.54) is 42.5 Å². The fourth-order valence-electron chi connectivity index (χ4n) is 4.10. The van der Waals surface area contributed by atoms with Crippen molar-refractivity contribution in [3.05, 3.63) is 76.8 Å². The highest BCUT2D eigenvalue weighted by Gasteiger charge is 2.40. The molecular weight excluding hydrogens is 471 g/mol. The molecule has 2 aliphatic rings. The number of imide groups is 1. The third kappa shape index (κ3) is 4.43. The molecule has 6 nitrogen and oxygen atoms in total. The van der Waals surface area contributed by atoms with Gasteiger partial charge >= 0.3 is 6.18 Å². The van der Waals surface area contributed by atoms with Crippen molar-refractivity contribution in [2.45, 2.75) is 6.18 Å². The first-order valence-corrected chi connectivity index (χ1v) is 10.7. The standard InChI is InChI=1S/C24H19ClF3N3O3/c1-2-19(32)31-11-9-30(10-12-31)16-7-8-18(24(26,27)28)17(13-16)21-20(22(33)29-23(21)34)14-3-5-15(25)6-4-14/h2-8,13H,1,9-12H2,(H,29,33,34). The second-order valence-corrected chi connectivity index (χ2v) is 8.22. The summed E-state index contributed by atoms with van der Waals surface area (Å²) in [6, 6.07) is 9.44. The summed E-state index contributed by atoms with van der Waals surface area (Å²) in [6.07, 6.45) is -3.54. The topological polar surface area (TPSA) is 69.7 Å². The molecule has 2 aliphatic heterocycles. The number of hydrogen-bond donors (Lipinski definition) is 1. The monoisotopic (exact) mass is 489 g/mol. The maximum Gasteiger partial charge on any atom is 0.417 e. The van der Waals surface area contributed by atoms with Crippen LogP contribution in [0.2, 0.25) is 5.02 Å². The molecule has 1 fully saturated rings. The van der Waals surface area contributed by atoms with Crippen LogP contribution in [0.15, 0.2) is 55.1 Å². The first-order valence-electron chi connectivity index (χ1n) is 10.3. The summed E-state index contributed by atoms with van der Waals surface area (Å²) in [6.45, 7) is 4.99. The Balaban J connectivity index is 1.81. The summed E-state index contributed by atoms with van der Waals surface area (Å²) in [5.41, 5.74) is -1.18. The predicted octanol–water partition coefficient (Wildman–Crippen LogP) is 3.76. The van der Waals surface area contributed by atoms with Gasteiger partial charge in [-0.15, -0.1) is 0 Å². The van der Waals surface area contributed by atoms with E-state index in [0.717, 1.165) is 6.07 Å². The molecule has 2 aromatic carbocycles. The number of alkyl halides is 3. The Bertz CT molecular complexity index is 1210. The molecule has 176 valence electrons. The molecule has 0 aromatic heterocycles. The molecule has 0 atom stereocenters. The van der Waals surface area contributed by atoms with E-state index in [1.54, 1.807) is 4.90 Å². The largest absolute Gasteiger partial charge is 0.417 e. The van der Waals surface area contributed by atoms with Crippen LogP contribution in [-0.2, 0) is 20.6 Å². The van der Waals surface area contributed by atoms with Gasteiger partial charge in [-0.1, -0.05) is 30.3 Å². The Kier molecular flexibility index (Phi) is 6.22. The zero-order valence-corrected chi connectivity index (χ0v) is 18.5. The number of anilines is 1. The lowest BCUT2D eigenvalue weighted by Crippen LogP contribution is -2.48. The van der Waals surface area contributed by atoms with Crippen LogP contribution in [0.1, 0.15) is 16.7 Å². The lowest BCUT2D eigenvalue weighted by atomic mass is 9.92. The lowest BCUT2D eigenvalue weighted by Gasteiger charge is -2.36. The van der Waals surface area contributed by atoms with E-state index in [2.05, 4.69) is 11.9 Å². The molecule has 34 heavy (non-hydrogen) atoms. The van der Waals surface area contributed by atoms with Crippen LogP contribution in [-0.4, -0.2) is 48.8 Å². The van der Waals surface area contributed by atoms with Crippen molar-refractivity contribution >= 4 is 46.2 Å². The van der Waals surface area contributed by atoms with Crippen LogP contribution in [0.25, 0.3) is 11.1 Å². The molecular formula is C24H19ClF3N3O3. The number of hydrogen-bond acceptors (Lipinski definition) is 4. The van der Waals surface area contributed by atoms with Crippen LogP contribution in [0, 0.1) is 0 Å². The van der Waals surface area contributed by atoms with Crippen molar-refractivity contribution in [2.24, 2.45) is 0 Å². The highest BCUT2D eigenvalue weighted by Crippen LogP contribution is 2.41. The molecule has 0 aliphatic carbocycles. The maximum absolute atomic E-state index is 13.9. The van der Waals surface area contributed by atoms with Crippen LogP contribution in [0.5, 0.6) is 0 Å². The molecule has 1 saturated heterocycles. The van der Waals surface area contributed by atoms with E-state index >= 15 is 0 Å². The zero-order chi connectivity index (χ0) is 24.6. The Morgan fingerprint density at radius 2 is 1.59 bits per heavy atom. The summed E-state index contributed by atoms with van der Waals surface area (Å²) < 4.78 is 41.8. The summed E-state index contributed by atoms with van der Waals surface area (Å²) in [5.74, 6) is -1.90. The van der Waals surface area contributed by atoms with Gasteiger partial charge in [-0.05, 0) is 42.0 Å². The maximum atomic E-state index is 13.9. The first kappa shape index (κ1) is 23.6. The van der Waals surface area contributed by atoms with E-state index in [-0.39, 0.29) is 28.2 Å². The van der Waals surface area contributed by atoms with Gasteiger partial charge in [0, 0.05) is 42.5 Å². The normalized spacial score (nSPS) is 16.7. The van der Waals surface area contributed by atoms with Gasteiger partial charge in [-0.3, -0.25) is 19.7 Å². The van der Waals surface area contributed by atoms with Gasteiger partial charge in [0.15, 0.2) is 0 Å². The summed E-state index contributed by atoms with van der Waals surface area (Å²) in [5, 5.41) is 2.49. The molecule has 0 saturated carbocycles. The smallest absolute Gasteiger partial charge is 0.368 e. The number of amides is 3. The van der Waals surface area contributed by atoms with Gasteiger partial charge in [0.05, 0.1) is 16.7 Å². The number of benzene rings is 2. The van der Waals surface area contributed by atoms with Crippen molar-refractivity contribution in [1.82, 2.24) is 10.2 Å². The number of rotatable bonds is 4. The molecule has 2 heterocycles. The highest BCUT2D eigenvalue weighted by atomic mass is 35.5. The molecule has 0 radical (unpaired) electrons. The number of nitrogens with zero attached hydrogens (tertiary/aromatic N) is 2. The first-order chi connectivity index (χ1) is 16.1. The number of nitrogens with one attached hydrogen (secondary N) is 1. The van der Waals surface area contributed by atoms with Crippen molar-refractivity contribution in [3.63, 3.8) is 0 Å². The molecule has 0 unspecified atom stereocenters. The Labute approximate surface area is 198 Å². The fourth-order valence-corrected chi connectivity index (χ4v) is 4.23. The predicted molar refractivity (Wildman–Crippen MR) is 122 cm³/mol. The SMILES string of the molecule is C=CC(=O)N1CCN(c2ccc(C(F)(F)F)c(C3=C(c4ccc(Cl)cc4)C(=O)NC3=O)c2)CC1. The molecule has 4 rings (SSSR count). The third-order valence-corrected chi connectivity index (χ3v) is 6.03. The van der Waals surface area contributed by atoms with Gasteiger partial charge in [-0.2, -0.15) is 13.2 Å². The van der Waals surface area contributed by atoms with Gasteiger partial charge in [0.2, 0.25) is 5.91 Å². The molecule has 2 aromatic rings. The second-order valence-electron chi connectivity index (χ2n) is 7.78. The number of carbonyl (C=O) groups excluding carboxylic acids is 3. The van der Waals surface area contributed by atoms with Crippen LogP contribution < -0.4 is 10.2 Å². The highest BCUT2D eigenvalue weighted by molar-refractivity contribution is 6.49. The van der Waals surface area contributed by atoms with Crippen molar-refractivity contribution in [1.29, 1.82) is 0 Å². The fraction of sp³-hybridized carbons (Fsp3) is 0.208. The summed E-state index contributed by atoms with van der Waals surface area (Å²) >= 11 is 5.90. The second kappa shape index (κ2) is 8.98. The number of piperazine rings is 1. The average molecular weight is 490 g/mol. The minimum Gasteiger partial charge on any atom is -0.368 e. The van der Waals surface area contributed by atoms with E-state index in [4.69, 9.17) is 11.6 Å². The molecule has 10 heteroatoms. The van der Waals surface area contributed by atoms with Gasteiger partial charge in [-0.25, -0.2) is 0 Å². The van der Waals surface area contributed by atoms with Crippen molar-refractivity contribution in [2.75, 3.05) is 31.1 Å². The zero-order valence-electron chi connectivity index (χ0n) is 17.8. The van der Waals surface area contributed by atoms with Gasteiger partial charge in [0.1, 0.15) is 0 Å². The van der Waals surface area contributed by atoms with Crippen LogP contribution in [0.4, 0.5) is 18.9 Å². The van der Waals surface area contributed by atoms with Gasteiger partial charge < -0.3 is 9.80 Å². The Morgan fingerprint density at radius 1 is 0.971 bits per heavy atom. The third-order valence-electron chi connectivity index (χ3n) is 5.77. The van der Waals surface area contributed by atoms with Gasteiger partial charge in [0.25, 0.3) is 11.8 Å². The van der Waals surface area contributed by atoms with E-state index in [9.17, 15) is 27.6 Å². The van der Waals surface area contributed by atoms with E-state index in [1.807, 2.05) is 4.90 Å². The van der Waals surface area contributed by atoms with Crippen LogP contribution in [0.3, 0.4) is 0 Å². The minimum atomic E-state index is -4.76. The molecule has 3 amide bonds. The van der Waals surface area contributed by atoms with Crippen molar-refractivity contribution < 1.29 is 27.6 Å². The number of carbonyl (C=O) groups is 3. The lowest BCUT2D eigenvalue weighted by molar-refractivity contribution is -0.137. The van der Waals surface area contributed by atoms with Crippen molar-refractivity contribution in [3.8, 4) is 0 Å². The number of halogens is 4. The minimum absolute atomic E-state index is 0.147.